The van der Waals surface area contributed by atoms with E-state index in [0.29, 0.717) is 6.04 Å². The third-order valence-electron chi connectivity index (χ3n) is 2.89. The second-order valence-electron chi connectivity index (χ2n) is 4.23. The summed E-state index contributed by atoms with van der Waals surface area (Å²) in [5.41, 5.74) is 2.86. The van der Waals surface area contributed by atoms with Gasteiger partial charge in [-0.05, 0) is 53.6 Å². The van der Waals surface area contributed by atoms with Gasteiger partial charge in [0.1, 0.15) is 0 Å². The molecule has 0 aliphatic heterocycles. The van der Waals surface area contributed by atoms with Gasteiger partial charge in [-0.2, -0.15) is 0 Å². The van der Waals surface area contributed by atoms with Gasteiger partial charge in [0.15, 0.2) is 0 Å². The number of nitrogens with one attached hydrogen (secondary N) is 1. The van der Waals surface area contributed by atoms with Gasteiger partial charge in [-0.1, -0.05) is 44.9 Å². The van der Waals surface area contributed by atoms with Gasteiger partial charge in [0.2, 0.25) is 0 Å². The molecule has 0 aliphatic rings. The van der Waals surface area contributed by atoms with E-state index in [0.717, 1.165) is 6.54 Å². The first kappa shape index (κ1) is 14.0. The van der Waals surface area contributed by atoms with Crippen LogP contribution in [0.3, 0.4) is 0 Å². The van der Waals surface area contributed by atoms with Crippen LogP contribution in [0.4, 0.5) is 0 Å². The smallest absolute Gasteiger partial charge is 0.0330 e. The van der Waals surface area contributed by atoms with Crippen molar-refractivity contribution in [3.63, 3.8) is 0 Å². The maximum absolute atomic E-state index is 3.60. The van der Waals surface area contributed by atoms with Crippen LogP contribution in [0.2, 0.25) is 0 Å². The van der Waals surface area contributed by atoms with Crippen LogP contribution in [-0.2, 0) is 0 Å². The van der Waals surface area contributed by atoms with Crippen molar-refractivity contribution in [3.8, 4) is 0 Å². The Hall–Kier alpha value is -0.0900. The van der Waals surface area contributed by atoms with E-state index in [1.54, 1.807) is 0 Å². The van der Waals surface area contributed by atoms with Crippen molar-refractivity contribution >= 4 is 22.6 Å². The van der Waals surface area contributed by atoms with Crippen LogP contribution < -0.4 is 5.32 Å². The maximum Gasteiger partial charge on any atom is 0.0330 e. The first-order valence-corrected chi connectivity index (χ1v) is 7.27. The predicted molar refractivity (Wildman–Crippen MR) is 79.8 cm³/mol. The Morgan fingerprint density at radius 2 is 2.06 bits per heavy atom. The Bertz CT molecular complexity index is 323. The van der Waals surface area contributed by atoms with Crippen LogP contribution in [0.15, 0.2) is 18.2 Å². The standard InChI is InChI=1S/C14H22IN/c1-4-6-10-13(16-5-2)12-9-7-8-11(3)14(12)15/h7-9,13,16H,4-6,10H2,1-3H3. The summed E-state index contributed by atoms with van der Waals surface area (Å²) in [5, 5.41) is 3.60. The summed E-state index contributed by atoms with van der Waals surface area (Å²) in [6.07, 6.45) is 3.80. The fourth-order valence-corrected chi connectivity index (χ4v) is 2.70. The molecule has 1 rings (SSSR count). The summed E-state index contributed by atoms with van der Waals surface area (Å²) in [4.78, 5) is 0. The third-order valence-corrected chi connectivity index (χ3v) is 4.37. The van der Waals surface area contributed by atoms with Gasteiger partial charge in [-0.3, -0.25) is 0 Å². The van der Waals surface area contributed by atoms with Crippen molar-refractivity contribution in [3.05, 3.63) is 32.9 Å². The molecule has 0 fully saturated rings. The van der Waals surface area contributed by atoms with Gasteiger partial charge in [0.25, 0.3) is 0 Å². The van der Waals surface area contributed by atoms with Crippen LogP contribution in [-0.4, -0.2) is 6.54 Å². The van der Waals surface area contributed by atoms with Crippen molar-refractivity contribution in [2.24, 2.45) is 0 Å². The highest BCUT2D eigenvalue weighted by Gasteiger charge is 2.13. The quantitative estimate of drug-likeness (QED) is 0.760. The van der Waals surface area contributed by atoms with Crippen LogP contribution in [0, 0.1) is 10.5 Å². The molecule has 1 atom stereocenters. The average Bonchev–Trinajstić information content (AvgIpc) is 2.28. The van der Waals surface area contributed by atoms with Gasteiger partial charge in [-0.15, -0.1) is 0 Å². The highest BCUT2D eigenvalue weighted by atomic mass is 127. The van der Waals surface area contributed by atoms with Gasteiger partial charge in [-0.25, -0.2) is 0 Å². The van der Waals surface area contributed by atoms with E-state index < -0.39 is 0 Å². The molecule has 1 aromatic carbocycles. The van der Waals surface area contributed by atoms with Crippen molar-refractivity contribution in [2.75, 3.05) is 6.54 Å². The molecule has 0 saturated heterocycles. The minimum atomic E-state index is 0.525. The summed E-state index contributed by atoms with van der Waals surface area (Å²) in [6, 6.07) is 7.14. The summed E-state index contributed by atoms with van der Waals surface area (Å²) >= 11 is 2.47. The lowest BCUT2D eigenvalue weighted by atomic mass is 9.99. The highest BCUT2D eigenvalue weighted by Crippen LogP contribution is 2.26. The number of benzene rings is 1. The highest BCUT2D eigenvalue weighted by molar-refractivity contribution is 14.1. The number of halogens is 1. The molecule has 1 N–H and O–H groups in total. The molecule has 1 nitrogen and oxygen atoms in total. The maximum atomic E-state index is 3.60. The second-order valence-corrected chi connectivity index (χ2v) is 5.31. The lowest BCUT2D eigenvalue weighted by Gasteiger charge is -2.20. The molecular weight excluding hydrogens is 309 g/mol. The molecule has 90 valence electrons. The Morgan fingerprint density at radius 1 is 1.31 bits per heavy atom. The number of rotatable bonds is 6. The summed E-state index contributed by atoms with van der Waals surface area (Å²) in [6.45, 7) is 7.67. The molecule has 0 amide bonds. The summed E-state index contributed by atoms with van der Waals surface area (Å²) in [7, 11) is 0. The van der Waals surface area contributed by atoms with Gasteiger partial charge >= 0.3 is 0 Å². The largest absolute Gasteiger partial charge is 0.310 e. The Labute approximate surface area is 113 Å². The molecule has 0 saturated carbocycles. The van der Waals surface area contributed by atoms with Crippen molar-refractivity contribution in [2.45, 2.75) is 46.1 Å². The SMILES string of the molecule is CCCCC(NCC)c1cccc(C)c1I. The first-order chi connectivity index (χ1) is 7.70. The van der Waals surface area contributed by atoms with Crippen LogP contribution in [0.25, 0.3) is 0 Å². The van der Waals surface area contributed by atoms with E-state index in [1.165, 1.54) is 34.0 Å². The Balaban J connectivity index is 2.86. The van der Waals surface area contributed by atoms with E-state index in [1.807, 2.05) is 0 Å². The molecule has 0 radical (unpaired) electrons. The molecule has 0 aliphatic carbocycles. The fourth-order valence-electron chi connectivity index (χ4n) is 1.96. The van der Waals surface area contributed by atoms with Gasteiger partial charge < -0.3 is 5.32 Å². The topological polar surface area (TPSA) is 12.0 Å². The van der Waals surface area contributed by atoms with E-state index in [9.17, 15) is 0 Å². The molecular formula is C14H22IN. The van der Waals surface area contributed by atoms with E-state index in [4.69, 9.17) is 0 Å². The van der Waals surface area contributed by atoms with Crippen LogP contribution >= 0.6 is 22.6 Å². The van der Waals surface area contributed by atoms with Gasteiger partial charge in [0.05, 0.1) is 0 Å². The number of unbranched alkanes of at least 4 members (excludes halogenated alkanes) is 1. The van der Waals surface area contributed by atoms with E-state index in [-0.39, 0.29) is 0 Å². The third kappa shape index (κ3) is 3.74. The molecule has 1 aromatic rings. The molecule has 16 heavy (non-hydrogen) atoms. The molecule has 0 spiro atoms. The Morgan fingerprint density at radius 3 is 2.69 bits per heavy atom. The van der Waals surface area contributed by atoms with Gasteiger partial charge in [0, 0.05) is 9.61 Å². The summed E-state index contributed by atoms with van der Waals surface area (Å²) < 4.78 is 1.42. The van der Waals surface area contributed by atoms with E-state index in [2.05, 4.69) is 66.9 Å². The zero-order valence-corrected chi connectivity index (χ0v) is 12.7. The lowest BCUT2D eigenvalue weighted by molar-refractivity contribution is 0.493. The van der Waals surface area contributed by atoms with Crippen molar-refractivity contribution < 1.29 is 0 Å². The van der Waals surface area contributed by atoms with Crippen molar-refractivity contribution in [1.82, 2.24) is 5.32 Å². The molecule has 0 bridgehead atoms. The average molecular weight is 331 g/mol. The lowest BCUT2D eigenvalue weighted by Crippen LogP contribution is -2.22. The minimum absolute atomic E-state index is 0.525. The second kappa shape index (κ2) is 7.28. The Kier molecular flexibility index (Phi) is 6.36. The summed E-state index contributed by atoms with van der Waals surface area (Å²) in [5.74, 6) is 0. The monoisotopic (exact) mass is 331 g/mol. The molecule has 0 aromatic heterocycles. The first-order valence-electron chi connectivity index (χ1n) is 6.19. The fraction of sp³-hybridized carbons (Fsp3) is 0.571. The zero-order chi connectivity index (χ0) is 12.0. The number of aryl methyl sites for hydroxylation is 1. The van der Waals surface area contributed by atoms with Crippen LogP contribution in [0.1, 0.15) is 50.3 Å². The molecule has 2 heteroatoms. The normalized spacial score (nSPS) is 12.8. The molecule has 1 unspecified atom stereocenters. The number of hydrogen-bond acceptors (Lipinski definition) is 1. The van der Waals surface area contributed by atoms with Crippen molar-refractivity contribution in [1.29, 1.82) is 0 Å². The predicted octanol–water partition coefficient (Wildman–Crippen LogP) is 4.44. The minimum Gasteiger partial charge on any atom is -0.310 e. The molecule has 0 heterocycles. The zero-order valence-electron chi connectivity index (χ0n) is 10.5. The van der Waals surface area contributed by atoms with Crippen LogP contribution in [0.5, 0.6) is 0 Å². The van der Waals surface area contributed by atoms with E-state index >= 15 is 0 Å². The number of hydrogen-bond donors (Lipinski definition) is 1.